The summed E-state index contributed by atoms with van der Waals surface area (Å²) in [5.74, 6) is 2.54. The van der Waals surface area contributed by atoms with Crippen molar-refractivity contribution < 1.29 is 9.47 Å². The Morgan fingerprint density at radius 1 is 1.29 bits per heavy atom. The van der Waals surface area contributed by atoms with Gasteiger partial charge >= 0.3 is 0 Å². The van der Waals surface area contributed by atoms with E-state index in [-0.39, 0.29) is 0 Å². The van der Waals surface area contributed by atoms with E-state index in [0.717, 1.165) is 34.1 Å². The Morgan fingerprint density at radius 3 is 2.65 bits per heavy atom. The lowest BCUT2D eigenvalue weighted by atomic mass is 10.2. The zero-order valence-corrected chi connectivity index (χ0v) is 12.4. The molecule has 1 N–H and O–H groups in total. The molecule has 0 spiro atoms. The Morgan fingerprint density at radius 2 is 2.06 bits per heavy atom. The minimum absolute atomic E-state index is 0.808. The molecule has 1 aromatic carbocycles. The molecule has 1 aliphatic carbocycles. The standard InChI is InChI=1S/C13H18INO2/c1-16-12-6-10(5-11(14)13(12)17-2)8-15-7-9-3-4-9/h5-6,9,15H,3-4,7-8H2,1-2H3. The first kappa shape index (κ1) is 13.0. The van der Waals surface area contributed by atoms with Crippen LogP contribution in [-0.2, 0) is 6.54 Å². The summed E-state index contributed by atoms with van der Waals surface area (Å²) in [6, 6.07) is 4.18. The maximum absolute atomic E-state index is 5.34. The molecule has 0 aromatic heterocycles. The number of benzene rings is 1. The number of hydrogen-bond donors (Lipinski definition) is 1. The second kappa shape index (κ2) is 5.91. The van der Waals surface area contributed by atoms with Crippen molar-refractivity contribution in [1.82, 2.24) is 5.32 Å². The molecule has 1 saturated carbocycles. The average Bonchev–Trinajstić information content (AvgIpc) is 3.12. The fourth-order valence-electron chi connectivity index (χ4n) is 1.82. The summed E-state index contributed by atoms with van der Waals surface area (Å²) < 4.78 is 11.8. The van der Waals surface area contributed by atoms with Gasteiger partial charge < -0.3 is 14.8 Å². The highest BCUT2D eigenvalue weighted by Crippen LogP contribution is 2.33. The van der Waals surface area contributed by atoms with Crippen LogP contribution in [0, 0.1) is 9.49 Å². The lowest BCUT2D eigenvalue weighted by Crippen LogP contribution is -2.16. The monoisotopic (exact) mass is 347 g/mol. The molecule has 1 aromatic rings. The van der Waals surface area contributed by atoms with E-state index in [1.807, 2.05) is 6.07 Å². The Balaban J connectivity index is 2.03. The molecule has 2 rings (SSSR count). The zero-order valence-electron chi connectivity index (χ0n) is 10.3. The summed E-state index contributed by atoms with van der Waals surface area (Å²) >= 11 is 2.28. The predicted molar refractivity (Wildman–Crippen MR) is 76.7 cm³/mol. The van der Waals surface area contributed by atoms with E-state index in [0.29, 0.717) is 0 Å². The fraction of sp³-hybridized carbons (Fsp3) is 0.538. The van der Waals surface area contributed by atoms with Crippen LogP contribution in [0.25, 0.3) is 0 Å². The normalized spacial score (nSPS) is 14.8. The SMILES string of the molecule is COc1cc(CNCC2CC2)cc(I)c1OC. The van der Waals surface area contributed by atoms with Crippen molar-refractivity contribution in [3.63, 3.8) is 0 Å². The third-order valence-electron chi connectivity index (χ3n) is 2.95. The summed E-state index contributed by atoms with van der Waals surface area (Å²) in [4.78, 5) is 0. The summed E-state index contributed by atoms with van der Waals surface area (Å²) in [5, 5.41) is 3.48. The van der Waals surface area contributed by atoms with Crippen LogP contribution in [0.3, 0.4) is 0 Å². The third-order valence-corrected chi connectivity index (χ3v) is 3.75. The predicted octanol–water partition coefficient (Wildman–Crippen LogP) is 2.81. The Kier molecular flexibility index (Phi) is 4.50. The number of ether oxygens (including phenoxy) is 2. The number of rotatable bonds is 6. The van der Waals surface area contributed by atoms with Gasteiger partial charge in [0.1, 0.15) is 0 Å². The molecule has 17 heavy (non-hydrogen) atoms. The smallest absolute Gasteiger partial charge is 0.174 e. The van der Waals surface area contributed by atoms with Crippen LogP contribution in [0.15, 0.2) is 12.1 Å². The number of nitrogens with one attached hydrogen (secondary N) is 1. The largest absolute Gasteiger partial charge is 0.493 e. The second-order valence-corrected chi connectivity index (χ2v) is 5.55. The summed E-state index contributed by atoms with van der Waals surface area (Å²) in [6.07, 6.45) is 2.77. The number of hydrogen-bond acceptors (Lipinski definition) is 3. The van der Waals surface area contributed by atoms with Crippen molar-refractivity contribution in [2.75, 3.05) is 20.8 Å². The molecule has 0 unspecified atom stereocenters. The maximum atomic E-state index is 5.34. The van der Waals surface area contributed by atoms with Gasteiger partial charge in [-0.25, -0.2) is 0 Å². The van der Waals surface area contributed by atoms with Crippen LogP contribution < -0.4 is 14.8 Å². The van der Waals surface area contributed by atoms with Gasteiger partial charge in [0.25, 0.3) is 0 Å². The van der Waals surface area contributed by atoms with Gasteiger partial charge in [-0.1, -0.05) is 0 Å². The highest BCUT2D eigenvalue weighted by molar-refractivity contribution is 14.1. The van der Waals surface area contributed by atoms with E-state index >= 15 is 0 Å². The average molecular weight is 347 g/mol. The molecule has 0 heterocycles. The van der Waals surface area contributed by atoms with Gasteiger partial charge in [-0.05, 0) is 65.6 Å². The Hall–Kier alpha value is -0.490. The molecule has 94 valence electrons. The molecule has 0 amide bonds. The van der Waals surface area contributed by atoms with Crippen molar-refractivity contribution in [2.45, 2.75) is 19.4 Å². The van der Waals surface area contributed by atoms with E-state index in [4.69, 9.17) is 9.47 Å². The number of halogens is 1. The molecule has 1 fully saturated rings. The molecule has 0 bridgehead atoms. The van der Waals surface area contributed by atoms with Gasteiger partial charge in [0, 0.05) is 6.54 Å². The van der Waals surface area contributed by atoms with Crippen molar-refractivity contribution in [3.8, 4) is 11.5 Å². The molecule has 1 aliphatic rings. The fourth-order valence-corrected chi connectivity index (χ4v) is 2.70. The van der Waals surface area contributed by atoms with Gasteiger partial charge in [-0.15, -0.1) is 0 Å². The minimum Gasteiger partial charge on any atom is -0.493 e. The first-order valence-corrected chi connectivity index (χ1v) is 6.93. The van der Waals surface area contributed by atoms with Crippen molar-refractivity contribution in [1.29, 1.82) is 0 Å². The van der Waals surface area contributed by atoms with E-state index in [1.54, 1.807) is 14.2 Å². The van der Waals surface area contributed by atoms with E-state index in [9.17, 15) is 0 Å². The van der Waals surface area contributed by atoms with Gasteiger partial charge in [0.15, 0.2) is 11.5 Å². The van der Waals surface area contributed by atoms with Crippen LogP contribution in [0.2, 0.25) is 0 Å². The first-order valence-electron chi connectivity index (χ1n) is 5.85. The van der Waals surface area contributed by atoms with E-state index < -0.39 is 0 Å². The second-order valence-electron chi connectivity index (χ2n) is 4.39. The topological polar surface area (TPSA) is 30.5 Å². The molecule has 0 saturated heterocycles. The lowest BCUT2D eigenvalue weighted by Gasteiger charge is -2.12. The van der Waals surface area contributed by atoms with Crippen LogP contribution >= 0.6 is 22.6 Å². The summed E-state index contributed by atoms with van der Waals surface area (Å²) in [6.45, 7) is 2.03. The molecule has 4 heteroatoms. The van der Waals surface area contributed by atoms with Gasteiger partial charge in [-0.3, -0.25) is 0 Å². The highest BCUT2D eigenvalue weighted by Gasteiger charge is 2.20. The van der Waals surface area contributed by atoms with Gasteiger partial charge in [0.05, 0.1) is 17.8 Å². The van der Waals surface area contributed by atoms with Gasteiger partial charge in [0.2, 0.25) is 0 Å². The minimum atomic E-state index is 0.808. The Bertz CT molecular complexity index is 391. The third kappa shape index (κ3) is 3.48. The summed E-state index contributed by atoms with van der Waals surface area (Å²) in [5.41, 5.74) is 1.24. The van der Waals surface area contributed by atoms with E-state index in [1.165, 1.54) is 18.4 Å². The van der Waals surface area contributed by atoms with Crippen molar-refractivity contribution in [2.24, 2.45) is 5.92 Å². The lowest BCUT2D eigenvalue weighted by molar-refractivity contribution is 0.352. The highest BCUT2D eigenvalue weighted by atomic mass is 127. The zero-order chi connectivity index (χ0) is 12.3. The Labute approximate surface area is 116 Å². The number of methoxy groups -OCH3 is 2. The molecule has 3 nitrogen and oxygen atoms in total. The quantitative estimate of drug-likeness (QED) is 0.803. The molecule has 0 atom stereocenters. The van der Waals surface area contributed by atoms with Gasteiger partial charge in [-0.2, -0.15) is 0 Å². The van der Waals surface area contributed by atoms with Crippen molar-refractivity contribution >= 4 is 22.6 Å². The molecular formula is C13H18INO2. The van der Waals surface area contributed by atoms with Crippen LogP contribution in [0.5, 0.6) is 11.5 Å². The van der Waals surface area contributed by atoms with Crippen molar-refractivity contribution in [3.05, 3.63) is 21.3 Å². The summed E-state index contributed by atoms with van der Waals surface area (Å²) in [7, 11) is 3.35. The molecule has 0 radical (unpaired) electrons. The van der Waals surface area contributed by atoms with Crippen LogP contribution in [0.4, 0.5) is 0 Å². The maximum Gasteiger partial charge on any atom is 0.174 e. The van der Waals surface area contributed by atoms with E-state index in [2.05, 4.69) is 34.0 Å². The first-order chi connectivity index (χ1) is 8.24. The molecular weight excluding hydrogens is 329 g/mol. The molecule has 0 aliphatic heterocycles. The van der Waals surface area contributed by atoms with Crippen LogP contribution in [-0.4, -0.2) is 20.8 Å². The van der Waals surface area contributed by atoms with Crippen LogP contribution in [0.1, 0.15) is 18.4 Å².